The molecule has 128 valence electrons. The fourth-order valence-electron chi connectivity index (χ4n) is 2.42. The molecular weight excluding hydrogens is 340 g/mol. The van der Waals surface area contributed by atoms with E-state index in [0.717, 1.165) is 22.1 Å². The first kappa shape index (κ1) is 17.3. The molecule has 1 N–H and O–H groups in total. The third-order valence-corrected chi connectivity index (χ3v) is 4.99. The first-order chi connectivity index (χ1) is 12.1. The van der Waals surface area contributed by atoms with Crippen molar-refractivity contribution in [2.24, 2.45) is 0 Å². The molecule has 0 spiro atoms. The van der Waals surface area contributed by atoms with Crippen LogP contribution < -0.4 is 4.31 Å². The number of phenols is 1. The summed E-state index contributed by atoms with van der Waals surface area (Å²) in [5, 5.41) is 10.1. The number of aromatic hydroxyl groups is 1. The Morgan fingerprint density at radius 1 is 0.920 bits per heavy atom. The van der Waals surface area contributed by atoms with E-state index in [9.17, 15) is 13.9 Å². The van der Waals surface area contributed by atoms with Crippen LogP contribution in [-0.4, -0.2) is 5.11 Å². The Morgan fingerprint density at radius 2 is 1.60 bits per heavy atom. The van der Waals surface area contributed by atoms with E-state index in [0.29, 0.717) is 6.54 Å². The van der Waals surface area contributed by atoms with Gasteiger partial charge >= 0.3 is 0 Å². The second kappa shape index (κ2) is 7.57. The van der Waals surface area contributed by atoms with E-state index in [1.165, 1.54) is 18.0 Å². The minimum Gasteiger partial charge on any atom is -0.503 e. The topological polar surface area (TPSA) is 23.5 Å². The highest BCUT2D eigenvalue weighted by atomic mass is 32.2. The van der Waals surface area contributed by atoms with Gasteiger partial charge in [0.25, 0.3) is 0 Å². The molecule has 0 aromatic heterocycles. The summed E-state index contributed by atoms with van der Waals surface area (Å²) in [4.78, 5) is 0.975. The summed E-state index contributed by atoms with van der Waals surface area (Å²) in [6, 6.07) is 19.8. The highest BCUT2D eigenvalue weighted by Gasteiger charge is 2.19. The second-order valence-corrected chi connectivity index (χ2v) is 6.67. The van der Waals surface area contributed by atoms with Crippen molar-refractivity contribution in [2.45, 2.75) is 18.4 Å². The van der Waals surface area contributed by atoms with E-state index in [2.05, 4.69) is 0 Å². The van der Waals surface area contributed by atoms with Crippen molar-refractivity contribution >= 4 is 17.6 Å². The third-order valence-electron chi connectivity index (χ3n) is 3.79. The van der Waals surface area contributed by atoms with E-state index < -0.39 is 17.4 Å². The molecule has 3 aromatic rings. The molecule has 0 aliphatic heterocycles. The van der Waals surface area contributed by atoms with Crippen LogP contribution in [0.25, 0.3) is 0 Å². The molecule has 2 nitrogen and oxygen atoms in total. The van der Waals surface area contributed by atoms with Gasteiger partial charge in [0.15, 0.2) is 11.6 Å². The lowest BCUT2D eigenvalue weighted by atomic mass is 10.2. The Labute approximate surface area is 149 Å². The monoisotopic (exact) mass is 357 g/mol. The fourth-order valence-corrected chi connectivity index (χ4v) is 3.47. The molecule has 0 aliphatic carbocycles. The molecule has 3 aromatic carbocycles. The van der Waals surface area contributed by atoms with Crippen molar-refractivity contribution in [2.75, 3.05) is 4.31 Å². The van der Waals surface area contributed by atoms with Gasteiger partial charge in [0, 0.05) is 4.90 Å². The SMILES string of the molecule is Cc1ccccc1SN(Cc1ccccc1)c1ccc(F)c(F)c1O. The number of rotatable bonds is 5. The number of hydrogen-bond donors (Lipinski definition) is 1. The molecule has 0 radical (unpaired) electrons. The van der Waals surface area contributed by atoms with Crippen molar-refractivity contribution in [3.8, 4) is 5.75 Å². The Kier molecular flexibility index (Phi) is 5.24. The number of phenolic OH excluding ortho intramolecular Hbond substituents is 1. The zero-order chi connectivity index (χ0) is 17.8. The van der Waals surface area contributed by atoms with E-state index in [4.69, 9.17) is 0 Å². The van der Waals surface area contributed by atoms with Gasteiger partial charge in [0.2, 0.25) is 5.82 Å². The number of hydrogen-bond acceptors (Lipinski definition) is 3. The Morgan fingerprint density at radius 3 is 2.32 bits per heavy atom. The van der Waals surface area contributed by atoms with Gasteiger partial charge in [0.1, 0.15) is 0 Å². The van der Waals surface area contributed by atoms with Gasteiger partial charge in [0.05, 0.1) is 12.2 Å². The van der Waals surface area contributed by atoms with Crippen LogP contribution in [0.2, 0.25) is 0 Å². The summed E-state index contributed by atoms with van der Waals surface area (Å²) in [5.74, 6) is -2.99. The van der Waals surface area contributed by atoms with E-state index in [-0.39, 0.29) is 5.69 Å². The standard InChI is InChI=1S/C20H17F2NOS/c1-14-7-5-6-10-18(14)25-23(13-15-8-3-2-4-9-15)17-12-11-16(21)19(22)20(17)24/h2-12,24H,13H2,1H3. The van der Waals surface area contributed by atoms with Gasteiger partial charge in [-0.15, -0.1) is 0 Å². The lowest BCUT2D eigenvalue weighted by Gasteiger charge is -2.25. The average molecular weight is 357 g/mol. The van der Waals surface area contributed by atoms with Gasteiger partial charge in [-0.05, 0) is 48.2 Å². The molecule has 0 saturated heterocycles. The molecule has 0 amide bonds. The zero-order valence-electron chi connectivity index (χ0n) is 13.6. The van der Waals surface area contributed by atoms with Gasteiger partial charge in [-0.25, -0.2) is 4.39 Å². The minimum absolute atomic E-state index is 0.232. The van der Waals surface area contributed by atoms with Crippen molar-refractivity contribution in [3.05, 3.63) is 89.5 Å². The number of nitrogens with zero attached hydrogens (tertiary/aromatic N) is 1. The summed E-state index contributed by atoms with van der Waals surface area (Å²) in [5.41, 5.74) is 2.29. The van der Waals surface area contributed by atoms with Crippen LogP contribution in [0.5, 0.6) is 5.75 Å². The lowest BCUT2D eigenvalue weighted by molar-refractivity contribution is 0.408. The average Bonchev–Trinajstić information content (AvgIpc) is 2.62. The Bertz CT molecular complexity index is 871. The van der Waals surface area contributed by atoms with Crippen LogP contribution in [-0.2, 0) is 6.54 Å². The molecule has 0 heterocycles. The van der Waals surface area contributed by atoms with Crippen molar-refractivity contribution < 1.29 is 13.9 Å². The Hall–Kier alpha value is -2.53. The number of halogens is 2. The molecule has 0 aliphatic rings. The first-order valence-electron chi connectivity index (χ1n) is 7.78. The third kappa shape index (κ3) is 3.94. The molecule has 3 rings (SSSR count). The molecule has 0 saturated carbocycles. The molecule has 5 heteroatoms. The quantitative estimate of drug-likeness (QED) is 0.593. The summed E-state index contributed by atoms with van der Waals surface area (Å²) in [6.07, 6.45) is 0. The largest absolute Gasteiger partial charge is 0.503 e. The zero-order valence-corrected chi connectivity index (χ0v) is 14.4. The molecular formula is C20H17F2NOS. The van der Waals surface area contributed by atoms with Crippen molar-refractivity contribution in [1.82, 2.24) is 0 Å². The fraction of sp³-hybridized carbons (Fsp3) is 0.100. The molecule has 0 unspecified atom stereocenters. The van der Waals surface area contributed by atoms with Gasteiger partial charge in [-0.2, -0.15) is 4.39 Å². The van der Waals surface area contributed by atoms with E-state index in [1.54, 1.807) is 4.31 Å². The maximum atomic E-state index is 13.8. The predicted octanol–water partition coefficient (Wildman–Crippen LogP) is 5.69. The summed E-state index contributed by atoms with van der Waals surface area (Å²) >= 11 is 1.38. The molecule has 0 fully saturated rings. The van der Waals surface area contributed by atoms with Crippen LogP contribution in [0.3, 0.4) is 0 Å². The van der Waals surface area contributed by atoms with Gasteiger partial charge < -0.3 is 9.41 Å². The maximum Gasteiger partial charge on any atom is 0.202 e. The number of aryl methyl sites for hydroxylation is 1. The van der Waals surface area contributed by atoms with Crippen LogP contribution in [0.15, 0.2) is 71.6 Å². The van der Waals surface area contributed by atoms with Gasteiger partial charge in [-0.1, -0.05) is 48.5 Å². The highest BCUT2D eigenvalue weighted by molar-refractivity contribution is 8.00. The summed E-state index contributed by atoms with van der Waals surface area (Å²) < 4.78 is 29.0. The normalized spacial score (nSPS) is 10.7. The van der Waals surface area contributed by atoms with Gasteiger partial charge in [-0.3, -0.25) is 0 Å². The Balaban J connectivity index is 2.00. The van der Waals surface area contributed by atoms with Crippen molar-refractivity contribution in [1.29, 1.82) is 0 Å². The van der Waals surface area contributed by atoms with Crippen LogP contribution >= 0.6 is 11.9 Å². The summed E-state index contributed by atoms with van der Waals surface area (Å²) in [7, 11) is 0. The van der Waals surface area contributed by atoms with Crippen LogP contribution in [0.1, 0.15) is 11.1 Å². The van der Waals surface area contributed by atoms with E-state index >= 15 is 0 Å². The van der Waals surface area contributed by atoms with Crippen LogP contribution in [0.4, 0.5) is 14.5 Å². The van der Waals surface area contributed by atoms with Crippen LogP contribution in [0, 0.1) is 18.6 Å². The maximum absolute atomic E-state index is 13.8. The number of anilines is 1. The molecule has 0 bridgehead atoms. The minimum atomic E-state index is -1.24. The lowest BCUT2D eigenvalue weighted by Crippen LogP contribution is -2.15. The smallest absolute Gasteiger partial charge is 0.202 e. The molecule has 0 atom stereocenters. The van der Waals surface area contributed by atoms with E-state index in [1.807, 2.05) is 61.5 Å². The number of benzene rings is 3. The highest BCUT2D eigenvalue weighted by Crippen LogP contribution is 2.39. The van der Waals surface area contributed by atoms with Crippen molar-refractivity contribution in [3.63, 3.8) is 0 Å². The first-order valence-corrected chi connectivity index (χ1v) is 8.55. The molecule has 25 heavy (non-hydrogen) atoms. The predicted molar refractivity (Wildman–Crippen MR) is 97.7 cm³/mol. The summed E-state index contributed by atoms with van der Waals surface area (Å²) in [6.45, 7) is 2.41. The second-order valence-electron chi connectivity index (χ2n) is 5.61.